The van der Waals surface area contributed by atoms with E-state index in [0.717, 1.165) is 44.1 Å². The molecule has 1 saturated carbocycles. The molecule has 0 heterocycles. The highest BCUT2D eigenvalue weighted by Gasteiger charge is 2.50. The molecule has 0 spiro atoms. The maximum Gasteiger partial charge on any atom is 0.314 e. The van der Waals surface area contributed by atoms with Crippen molar-refractivity contribution in [3.63, 3.8) is 0 Å². The quantitative estimate of drug-likeness (QED) is 0.559. The summed E-state index contributed by atoms with van der Waals surface area (Å²) in [6.07, 6.45) is 5.86. The van der Waals surface area contributed by atoms with Gasteiger partial charge in [0.05, 0.1) is 24.7 Å². The maximum atomic E-state index is 12.9. The smallest absolute Gasteiger partial charge is 0.314 e. The van der Waals surface area contributed by atoms with Crippen molar-refractivity contribution in [3.05, 3.63) is 35.4 Å². The summed E-state index contributed by atoms with van der Waals surface area (Å²) in [5.74, 6) is 0.321. The van der Waals surface area contributed by atoms with Crippen molar-refractivity contribution in [1.82, 2.24) is 0 Å². The fourth-order valence-corrected chi connectivity index (χ4v) is 3.66. The molecule has 0 radical (unpaired) electrons. The third-order valence-corrected chi connectivity index (χ3v) is 5.21. The van der Waals surface area contributed by atoms with Gasteiger partial charge in [-0.2, -0.15) is 0 Å². The lowest BCUT2D eigenvalue weighted by Gasteiger charge is -2.33. The van der Waals surface area contributed by atoms with Crippen LogP contribution in [0.25, 0.3) is 0 Å². The number of carbonyl (C=O) groups excluding carboxylic acids is 1. The van der Waals surface area contributed by atoms with E-state index in [4.69, 9.17) is 9.47 Å². The van der Waals surface area contributed by atoms with Crippen molar-refractivity contribution in [2.75, 3.05) is 6.61 Å². The molecule has 2 rings (SSSR count). The van der Waals surface area contributed by atoms with Crippen LogP contribution in [0.5, 0.6) is 0 Å². The highest BCUT2D eigenvalue weighted by atomic mass is 16.5. The van der Waals surface area contributed by atoms with E-state index in [1.54, 1.807) is 0 Å². The predicted octanol–water partition coefficient (Wildman–Crippen LogP) is 5.44. The number of benzene rings is 1. The lowest BCUT2D eigenvalue weighted by molar-refractivity contribution is -0.167. The molecular weight excluding hydrogens is 312 g/mol. The van der Waals surface area contributed by atoms with Gasteiger partial charge < -0.3 is 9.47 Å². The van der Waals surface area contributed by atoms with Gasteiger partial charge >= 0.3 is 5.97 Å². The molecule has 3 nitrogen and oxygen atoms in total. The standard InChI is InChI=1S/C22H34O3/c1-5-6-13-22(21(23)25-15-17(2)3)14-7-8-20(22)24-16-19-11-9-18(4)10-12-19/h9-12,17,20H,5-8,13-16H2,1-4H3. The van der Waals surface area contributed by atoms with Crippen LogP contribution >= 0.6 is 0 Å². The lowest BCUT2D eigenvalue weighted by atomic mass is 9.79. The van der Waals surface area contributed by atoms with Crippen LogP contribution in [0.2, 0.25) is 0 Å². The molecule has 1 aliphatic carbocycles. The molecule has 0 aliphatic heterocycles. The van der Waals surface area contributed by atoms with Crippen molar-refractivity contribution < 1.29 is 14.3 Å². The van der Waals surface area contributed by atoms with Crippen LogP contribution in [0.4, 0.5) is 0 Å². The van der Waals surface area contributed by atoms with E-state index in [1.165, 1.54) is 5.56 Å². The molecule has 1 aromatic rings. The van der Waals surface area contributed by atoms with Gasteiger partial charge in [-0.3, -0.25) is 4.79 Å². The van der Waals surface area contributed by atoms with E-state index in [1.807, 2.05) is 0 Å². The number of hydrogen-bond acceptors (Lipinski definition) is 3. The first-order chi connectivity index (χ1) is 12.0. The Morgan fingerprint density at radius 1 is 1.28 bits per heavy atom. The predicted molar refractivity (Wildman–Crippen MR) is 101 cm³/mol. The Morgan fingerprint density at radius 2 is 2.00 bits per heavy atom. The van der Waals surface area contributed by atoms with Gasteiger partial charge in [-0.1, -0.05) is 63.4 Å². The number of unbranched alkanes of at least 4 members (excludes halogenated alkanes) is 1. The van der Waals surface area contributed by atoms with Crippen LogP contribution in [0.3, 0.4) is 0 Å². The highest BCUT2D eigenvalue weighted by Crippen LogP contribution is 2.45. The molecule has 2 atom stereocenters. The molecule has 1 aliphatic rings. The normalized spacial score (nSPS) is 23.2. The molecule has 1 aromatic carbocycles. The second-order valence-electron chi connectivity index (χ2n) is 7.93. The molecule has 2 unspecified atom stereocenters. The van der Waals surface area contributed by atoms with E-state index in [2.05, 4.69) is 52.0 Å². The Hall–Kier alpha value is -1.35. The minimum absolute atomic E-state index is 0.0278. The Morgan fingerprint density at radius 3 is 2.64 bits per heavy atom. The number of hydrogen-bond donors (Lipinski definition) is 0. The maximum absolute atomic E-state index is 12.9. The monoisotopic (exact) mass is 346 g/mol. The molecule has 1 fully saturated rings. The number of esters is 1. The van der Waals surface area contributed by atoms with Crippen LogP contribution in [0.1, 0.15) is 70.4 Å². The number of rotatable bonds is 9. The summed E-state index contributed by atoms with van der Waals surface area (Å²) < 4.78 is 11.9. The molecule has 0 N–H and O–H groups in total. The summed E-state index contributed by atoms with van der Waals surface area (Å²) in [5.41, 5.74) is 1.96. The molecule has 0 amide bonds. The lowest BCUT2D eigenvalue weighted by Crippen LogP contribution is -2.41. The topological polar surface area (TPSA) is 35.5 Å². The molecule has 25 heavy (non-hydrogen) atoms. The first-order valence-electron chi connectivity index (χ1n) is 9.82. The van der Waals surface area contributed by atoms with E-state index in [-0.39, 0.29) is 12.1 Å². The zero-order valence-electron chi connectivity index (χ0n) is 16.3. The second-order valence-corrected chi connectivity index (χ2v) is 7.93. The number of aryl methyl sites for hydroxylation is 1. The van der Waals surface area contributed by atoms with Gasteiger partial charge in [0.15, 0.2) is 0 Å². The third-order valence-electron chi connectivity index (χ3n) is 5.21. The zero-order chi connectivity index (χ0) is 18.3. The van der Waals surface area contributed by atoms with Crippen molar-refractivity contribution >= 4 is 5.97 Å². The van der Waals surface area contributed by atoms with Gasteiger partial charge in [0, 0.05) is 0 Å². The van der Waals surface area contributed by atoms with E-state index >= 15 is 0 Å². The molecule has 0 saturated heterocycles. The van der Waals surface area contributed by atoms with Crippen LogP contribution in [-0.2, 0) is 20.9 Å². The average molecular weight is 347 g/mol. The van der Waals surface area contributed by atoms with Crippen molar-refractivity contribution in [2.24, 2.45) is 11.3 Å². The largest absolute Gasteiger partial charge is 0.465 e. The van der Waals surface area contributed by atoms with Crippen LogP contribution in [-0.4, -0.2) is 18.7 Å². The van der Waals surface area contributed by atoms with Gasteiger partial charge in [0.2, 0.25) is 0 Å². The van der Waals surface area contributed by atoms with Gasteiger partial charge in [-0.05, 0) is 44.1 Å². The summed E-state index contributed by atoms with van der Waals surface area (Å²) in [6, 6.07) is 8.42. The van der Waals surface area contributed by atoms with Crippen LogP contribution in [0.15, 0.2) is 24.3 Å². The summed E-state index contributed by atoms with van der Waals surface area (Å²) in [6.45, 7) is 9.47. The van der Waals surface area contributed by atoms with Crippen LogP contribution in [0, 0.1) is 18.3 Å². The summed E-state index contributed by atoms with van der Waals surface area (Å²) in [7, 11) is 0. The van der Waals surface area contributed by atoms with Crippen molar-refractivity contribution in [1.29, 1.82) is 0 Å². The number of carbonyl (C=O) groups is 1. The van der Waals surface area contributed by atoms with Crippen LogP contribution < -0.4 is 0 Å². The average Bonchev–Trinajstić information content (AvgIpc) is 3.01. The van der Waals surface area contributed by atoms with Gasteiger partial charge in [-0.25, -0.2) is 0 Å². The Kier molecular flexibility index (Phi) is 7.49. The minimum Gasteiger partial charge on any atom is -0.465 e. The highest BCUT2D eigenvalue weighted by molar-refractivity contribution is 5.78. The second kappa shape index (κ2) is 9.38. The summed E-state index contributed by atoms with van der Waals surface area (Å²) >= 11 is 0. The Labute approximate surface area is 153 Å². The Bertz CT molecular complexity index is 535. The first-order valence-corrected chi connectivity index (χ1v) is 9.82. The SMILES string of the molecule is CCCCC1(C(=O)OCC(C)C)CCCC1OCc1ccc(C)cc1. The van der Waals surface area contributed by atoms with Crippen molar-refractivity contribution in [2.45, 2.75) is 78.9 Å². The van der Waals surface area contributed by atoms with Crippen molar-refractivity contribution in [3.8, 4) is 0 Å². The van der Waals surface area contributed by atoms with Gasteiger partial charge in [0.25, 0.3) is 0 Å². The van der Waals surface area contributed by atoms with Gasteiger partial charge in [-0.15, -0.1) is 0 Å². The molecule has 0 bridgehead atoms. The molecule has 140 valence electrons. The third kappa shape index (κ3) is 5.31. The summed E-state index contributed by atoms with van der Waals surface area (Å²) in [5, 5.41) is 0. The Balaban J connectivity index is 2.06. The minimum atomic E-state index is -0.449. The summed E-state index contributed by atoms with van der Waals surface area (Å²) in [4.78, 5) is 12.9. The fourth-order valence-electron chi connectivity index (χ4n) is 3.66. The van der Waals surface area contributed by atoms with E-state index in [0.29, 0.717) is 19.1 Å². The van der Waals surface area contributed by atoms with E-state index in [9.17, 15) is 4.79 Å². The fraction of sp³-hybridized carbons (Fsp3) is 0.682. The molecule has 3 heteroatoms. The van der Waals surface area contributed by atoms with Gasteiger partial charge in [0.1, 0.15) is 0 Å². The zero-order valence-corrected chi connectivity index (χ0v) is 16.3. The first kappa shape index (κ1) is 20.0. The molecule has 0 aromatic heterocycles. The number of ether oxygens (including phenoxy) is 2. The van der Waals surface area contributed by atoms with E-state index < -0.39 is 5.41 Å². The molecular formula is C22H34O3.